The van der Waals surface area contributed by atoms with E-state index in [0.717, 1.165) is 44.0 Å². The maximum atomic E-state index is 9.46. The molecule has 1 aliphatic rings. The fraction of sp³-hybridized carbons (Fsp3) is 0.444. The van der Waals surface area contributed by atoms with Gasteiger partial charge in [0.25, 0.3) is 0 Å². The molecule has 23 heavy (non-hydrogen) atoms. The summed E-state index contributed by atoms with van der Waals surface area (Å²) in [6.45, 7) is 4.02. The van der Waals surface area contributed by atoms with Crippen molar-refractivity contribution in [2.45, 2.75) is 38.8 Å². The van der Waals surface area contributed by atoms with Gasteiger partial charge in [-0.05, 0) is 30.4 Å². The number of aliphatic hydroxyl groups is 1. The van der Waals surface area contributed by atoms with Gasteiger partial charge in [0.15, 0.2) is 0 Å². The Kier molecular flexibility index (Phi) is 5.08. The summed E-state index contributed by atoms with van der Waals surface area (Å²) in [6.07, 6.45) is 4.77. The van der Waals surface area contributed by atoms with Gasteiger partial charge in [0.05, 0.1) is 12.6 Å². The van der Waals surface area contributed by atoms with Crippen LogP contribution in [0.2, 0.25) is 0 Å². The highest BCUT2D eigenvalue weighted by Gasteiger charge is 2.25. The fourth-order valence-corrected chi connectivity index (χ4v) is 3.01. The third-order valence-electron chi connectivity index (χ3n) is 4.44. The Labute approximate surface area is 137 Å². The van der Waals surface area contributed by atoms with E-state index in [4.69, 9.17) is 0 Å². The summed E-state index contributed by atoms with van der Waals surface area (Å²) in [5.74, 6) is 1.71. The Morgan fingerprint density at radius 2 is 2.00 bits per heavy atom. The molecule has 3 rings (SSSR count). The number of benzene rings is 1. The van der Waals surface area contributed by atoms with Crippen LogP contribution in [0, 0.1) is 0 Å². The molecule has 1 atom stereocenters. The summed E-state index contributed by atoms with van der Waals surface area (Å²) in [4.78, 5) is 10.8. The summed E-state index contributed by atoms with van der Waals surface area (Å²) >= 11 is 0. The van der Waals surface area contributed by atoms with E-state index in [2.05, 4.69) is 51.4 Å². The van der Waals surface area contributed by atoms with Gasteiger partial charge in [-0.2, -0.15) is 0 Å². The van der Waals surface area contributed by atoms with E-state index < -0.39 is 0 Å². The molecule has 0 spiro atoms. The molecule has 2 heterocycles. The minimum atomic E-state index is 0.177. The van der Waals surface area contributed by atoms with Crippen LogP contribution in [0.25, 0.3) is 0 Å². The van der Waals surface area contributed by atoms with Crippen LogP contribution in [0.1, 0.15) is 30.9 Å². The van der Waals surface area contributed by atoms with Crippen molar-refractivity contribution in [3.05, 3.63) is 47.8 Å². The van der Waals surface area contributed by atoms with E-state index in [1.807, 2.05) is 6.07 Å². The average Bonchev–Trinajstić information content (AvgIpc) is 3.09. The first-order valence-electron chi connectivity index (χ1n) is 8.31. The van der Waals surface area contributed by atoms with Crippen LogP contribution in [-0.4, -0.2) is 34.3 Å². The van der Waals surface area contributed by atoms with E-state index in [0.29, 0.717) is 0 Å². The number of rotatable bonds is 6. The van der Waals surface area contributed by atoms with Crippen molar-refractivity contribution in [2.75, 3.05) is 23.4 Å². The van der Waals surface area contributed by atoms with Gasteiger partial charge < -0.3 is 15.3 Å². The zero-order chi connectivity index (χ0) is 16.1. The molecule has 2 N–H and O–H groups in total. The number of aliphatic hydroxyl groups excluding tert-OH is 1. The molecule has 1 unspecified atom stereocenters. The van der Waals surface area contributed by atoms with E-state index in [-0.39, 0.29) is 12.6 Å². The quantitative estimate of drug-likeness (QED) is 0.858. The molecule has 2 aromatic rings. The summed E-state index contributed by atoms with van der Waals surface area (Å²) in [5.41, 5.74) is 2.58. The number of nitrogens with zero attached hydrogens (tertiary/aromatic N) is 3. The molecule has 0 amide bonds. The predicted molar refractivity (Wildman–Crippen MR) is 92.6 cm³/mol. The maximum absolute atomic E-state index is 9.46. The van der Waals surface area contributed by atoms with Crippen molar-refractivity contribution < 1.29 is 5.11 Å². The van der Waals surface area contributed by atoms with Crippen molar-refractivity contribution in [1.82, 2.24) is 9.97 Å². The summed E-state index contributed by atoms with van der Waals surface area (Å²) in [7, 11) is 0. The standard InChI is InChI=1S/C18H24N4O/c1-2-14-5-7-15(8-6-14)11-19-17-10-18(21-13-20-17)22-9-3-4-16(22)12-23/h5-8,10,13,16,23H,2-4,9,11-12H2,1H3,(H,19,20,21). The second-order valence-electron chi connectivity index (χ2n) is 5.96. The number of anilines is 2. The first-order chi connectivity index (χ1) is 11.3. The summed E-state index contributed by atoms with van der Waals surface area (Å²) < 4.78 is 0. The van der Waals surface area contributed by atoms with Crippen LogP contribution in [0.3, 0.4) is 0 Å². The third-order valence-corrected chi connectivity index (χ3v) is 4.44. The monoisotopic (exact) mass is 312 g/mol. The topological polar surface area (TPSA) is 61.3 Å². The van der Waals surface area contributed by atoms with Crippen LogP contribution in [0.5, 0.6) is 0 Å². The molecule has 0 radical (unpaired) electrons. The molecule has 1 aromatic heterocycles. The van der Waals surface area contributed by atoms with Crippen molar-refractivity contribution in [1.29, 1.82) is 0 Å². The van der Waals surface area contributed by atoms with Crippen molar-refractivity contribution >= 4 is 11.6 Å². The molecule has 0 saturated carbocycles. The summed E-state index contributed by atoms with van der Waals surface area (Å²) in [5, 5.41) is 12.8. The Morgan fingerprint density at radius 3 is 2.74 bits per heavy atom. The lowest BCUT2D eigenvalue weighted by Gasteiger charge is -2.24. The first kappa shape index (κ1) is 15.7. The number of hydrogen-bond acceptors (Lipinski definition) is 5. The van der Waals surface area contributed by atoms with Gasteiger partial charge in [0.2, 0.25) is 0 Å². The second kappa shape index (κ2) is 7.42. The lowest BCUT2D eigenvalue weighted by atomic mass is 10.1. The predicted octanol–water partition coefficient (Wildman–Crippen LogP) is 2.61. The molecule has 0 bridgehead atoms. The van der Waals surface area contributed by atoms with Gasteiger partial charge >= 0.3 is 0 Å². The van der Waals surface area contributed by atoms with E-state index in [1.165, 1.54) is 11.1 Å². The lowest BCUT2D eigenvalue weighted by Crippen LogP contribution is -2.32. The number of hydrogen-bond donors (Lipinski definition) is 2. The van der Waals surface area contributed by atoms with Crippen molar-refractivity contribution in [2.24, 2.45) is 0 Å². The first-order valence-corrected chi connectivity index (χ1v) is 8.31. The van der Waals surface area contributed by atoms with Gasteiger partial charge in [0, 0.05) is 19.2 Å². The highest BCUT2D eigenvalue weighted by Crippen LogP contribution is 2.24. The van der Waals surface area contributed by atoms with Crippen LogP contribution >= 0.6 is 0 Å². The largest absolute Gasteiger partial charge is 0.394 e. The van der Waals surface area contributed by atoms with Gasteiger partial charge in [-0.3, -0.25) is 0 Å². The Hall–Kier alpha value is -2.14. The Bertz CT molecular complexity index is 629. The Morgan fingerprint density at radius 1 is 1.22 bits per heavy atom. The van der Waals surface area contributed by atoms with Crippen molar-refractivity contribution in [3.63, 3.8) is 0 Å². The van der Waals surface area contributed by atoms with Crippen LogP contribution in [0.15, 0.2) is 36.7 Å². The normalized spacial score (nSPS) is 17.5. The van der Waals surface area contributed by atoms with Crippen LogP contribution in [0.4, 0.5) is 11.6 Å². The highest BCUT2D eigenvalue weighted by molar-refractivity contribution is 5.50. The van der Waals surface area contributed by atoms with Gasteiger partial charge in [-0.25, -0.2) is 9.97 Å². The number of aromatic nitrogens is 2. The molecule has 1 aromatic carbocycles. The van der Waals surface area contributed by atoms with E-state index in [9.17, 15) is 5.11 Å². The Balaban J connectivity index is 1.65. The van der Waals surface area contributed by atoms with Crippen LogP contribution in [-0.2, 0) is 13.0 Å². The fourth-order valence-electron chi connectivity index (χ4n) is 3.01. The molecule has 5 nitrogen and oxygen atoms in total. The SMILES string of the molecule is CCc1ccc(CNc2cc(N3CCCC3CO)ncn2)cc1. The molecule has 1 saturated heterocycles. The van der Waals surface area contributed by atoms with Gasteiger partial charge in [0.1, 0.15) is 18.0 Å². The van der Waals surface area contributed by atoms with E-state index in [1.54, 1.807) is 6.33 Å². The zero-order valence-corrected chi connectivity index (χ0v) is 13.6. The molecule has 0 aliphatic carbocycles. The lowest BCUT2D eigenvalue weighted by molar-refractivity contribution is 0.266. The second-order valence-corrected chi connectivity index (χ2v) is 5.96. The van der Waals surface area contributed by atoms with Crippen molar-refractivity contribution in [3.8, 4) is 0 Å². The molecule has 1 aliphatic heterocycles. The van der Waals surface area contributed by atoms with Gasteiger partial charge in [-0.15, -0.1) is 0 Å². The minimum absolute atomic E-state index is 0.177. The highest BCUT2D eigenvalue weighted by atomic mass is 16.3. The van der Waals surface area contributed by atoms with Crippen LogP contribution < -0.4 is 10.2 Å². The zero-order valence-electron chi connectivity index (χ0n) is 13.6. The molecular weight excluding hydrogens is 288 g/mol. The van der Waals surface area contributed by atoms with Gasteiger partial charge in [-0.1, -0.05) is 31.2 Å². The molecule has 122 valence electrons. The van der Waals surface area contributed by atoms with E-state index >= 15 is 0 Å². The molecular formula is C18H24N4O. The minimum Gasteiger partial charge on any atom is -0.394 e. The third kappa shape index (κ3) is 3.79. The number of aryl methyl sites for hydroxylation is 1. The smallest absolute Gasteiger partial charge is 0.134 e. The molecule has 1 fully saturated rings. The maximum Gasteiger partial charge on any atom is 0.134 e. The molecule has 5 heteroatoms. The summed E-state index contributed by atoms with van der Waals surface area (Å²) in [6, 6.07) is 10.8. The average molecular weight is 312 g/mol. The number of nitrogens with one attached hydrogen (secondary N) is 1.